The molecular formula is C12H17N5O2S. The van der Waals surface area contributed by atoms with Crippen molar-refractivity contribution in [3.05, 3.63) is 26.6 Å². The molecule has 5 N–H and O–H groups in total. The molecule has 0 aromatic carbocycles. The van der Waals surface area contributed by atoms with Crippen LogP contribution in [0.3, 0.4) is 0 Å². The van der Waals surface area contributed by atoms with Gasteiger partial charge in [0.1, 0.15) is 10.7 Å². The Labute approximate surface area is 119 Å². The standard InChI is InChI=1S/C12H17N5O2S/c1-6-7(2)20-11-9(6)10(18)16-8(17-11)5-14-3-4-15-12(13)19/h14H,3-5H2,1-2H3,(H3,13,15,19)(H,16,17,18). The smallest absolute Gasteiger partial charge is 0.312 e. The summed E-state index contributed by atoms with van der Waals surface area (Å²) in [5.74, 6) is 0.586. The SMILES string of the molecule is Cc1sc2nc(CNCCNC(N)=O)[nH]c(=O)c2c1C. The van der Waals surface area contributed by atoms with Crippen LogP contribution < -0.4 is 21.9 Å². The molecule has 2 aromatic rings. The zero-order valence-electron chi connectivity index (χ0n) is 11.4. The molecule has 108 valence electrons. The van der Waals surface area contributed by atoms with Gasteiger partial charge in [0, 0.05) is 18.0 Å². The van der Waals surface area contributed by atoms with Crippen molar-refractivity contribution in [2.45, 2.75) is 20.4 Å². The fourth-order valence-electron chi connectivity index (χ4n) is 1.86. The van der Waals surface area contributed by atoms with Crippen molar-refractivity contribution in [2.24, 2.45) is 5.73 Å². The van der Waals surface area contributed by atoms with E-state index in [4.69, 9.17) is 5.73 Å². The highest BCUT2D eigenvalue weighted by molar-refractivity contribution is 7.18. The zero-order valence-corrected chi connectivity index (χ0v) is 12.2. The Kier molecular flexibility index (Phi) is 4.35. The molecular weight excluding hydrogens is 278 g/mol. The number of hydrogen-bond acceptors (Lipinski definition) is 5. The number of nitrogens with two attached hydrogens (primary N) is 1. The maximum Gasteiger partial charge on any atom is 0.312 e. The fourth-order valence-corrected chi connectivity index (χ4v) is 2.91. The minimum absolute atomic E-state index is 0.107. The van der Waals surface area contributed by atoms with Gasteiger partial charge in [0.15, 0.2) is 0 Å². The van der Waals surface area contributed by atoms with E-state index in [0.29, 0.717) is 30.8 Å². The van der Waals surface area contributed by atoms with Crippen molar-refractivity contribution in [3.8, 4) is 0 Å². The zero-order chi connectivity index (χ0) is 14.7. The second-order valence-corrected chi connectivity index (χ2v) is 5.65. The molecule has 0 atom stereocenters. The van der Waals surface area contributed by atoms with Gasteiger partial charge < -0.3 is 21.4 Å². The van der Waals surface area contributed by atoms with Crippen LogP contribution in [0.4, 0.5) is 4.79 Å². The molecule has 2 rings (SSSR count). The molecule has 2 heterocycles. The van der Waals surface area contributed by atoms with Crippen LogP contribution in [0.2, 0.25) is 0 Å². The molecule has 0 unspecified atom stereocenters. The van der Waals surface area contributed by atoms with Crippen molar-refractivity contribution < 1.29 is 4.79 Å². The predicted molar refractivity (Wildman–Crippen MR) is 79.0 cm³/mol. The van der Waals surface area contributed by atoms with Gasteiger partial charge in [0.05, 0.1) is 11.9 Å². The number of aryl methyl sites for hydroxylation is 2. The predicted octanol–water partition coefficient (Wildman–Crippen LogP) is 0.359. The number of primary amides is 1. The lowest BCUT2D eigenvalue weighted by atomic mass is 10.2. The van der Waals surface area contributed by atoms with Gasteiger partial charge in [-0.3, -0.25) is 4.79 Å². The summed E-state index contributed by atoms with van der Waals surface area (Å²) in [5, 5.41) is 6.21. The number of aromatic amines is 1. The van der Waals surface area contributed by atoms with Crippen molar-refractivity contribution in [2.75, 3.05) is 13.1 Å². The van der Waals surface area contributed by atoms with E-state index in [1.807, 2.05) is 13.8 Å². The largest absolute Gasteiger partial charge is 0.352 e. The number of fused-ring (bicyclic) bond motifs is 1. The molecule has 0 fully saturated rings. The van der Waals surface area contributed by atoms with E-state index in [1.54, 1.807) is 0 Å². The number of amides is 2. The van der Waals surface area contributed by atoms with Crippen LogP contribution in [0.1, 0.15) is 16.3 Å². The number of urea groups is 1. The van der Waals surface area contributed by atoms with Gasteiger partial charge in [0.2, 0.25) is 0 Å². The van der Waals surface area contributed by atoms with E-state index < -0.39 is 6.03 Å². The van der Waals surface area contributed by atoms with Crippen LogP contribution in [0.25, 0.3) is 10.2 Å². The lowest BCUT2D eigenvalue weighted by molar-refractivity contribution is 0.249. The highest BCUT2D eigenvalue weighted by Gasteiger charge is 2.11. The number of H-pyrrole nitrogens is 1. The molecule has 8 heteroatoms. The quantitative estimate of drug-likeness (QED) is 0.596. The lowest BCUT2D eigenvalue weighted by Crippen LogP contribution is -2.35. The summed E-state index contributed by atoms with van der Waals surface area (Å²) in [6.45, 7) is 5.32. The Morgan fingerprint density at radius 2 is 2.15 bits per heavy atom. The Bertz CT molecular complexity index is 691. The molecule has 0 bridgehead atoms. The van der Waals surface area contributed by atoms with Gasteiger partial charge >= 0.3 is 6.03 Å². The first-order valence-corrected chi connectivity index (χ1v) is 7.03. The van der Waals surface area contributed by atoms with Crippen LogP contribution in [0.5, 0.6) is 0 Å². The average molecular weight is 295 g/mol. The summed E-state index contributed by atoms with van der Waals surface area (Å²) in [5.41, 5.74) is 5.83. The van der Waals surface area contributed by atoms with Gasteiger partial charge in [-0.2, -0.15) is 0 Å². The summed E-state index contributed by atoms with van der Waals surface area (Å²) in [6, 6.07) is -0.552. The van der Waals surface area contributed by atoms with Crippen LogP contribution in [0, 0.1) is 13.8 Å². The van der Waals surface area contributed by atoms with E-state index in [9.17, 15) is 9.59 Å². The molecule has 0 saturated carbocycles. The van der Waals surface area contributed by atoms with E-state index >= 15 is 0 Å². The second-order valence-electron chi connectivity index (χ2n) is 4.44. The third-order valence-corrected chi connectivity index (χ3v) is 4.08. The minimum Gasteiger partial charge on any atom is -0.352 e. The van der Waals surface area contributed by atoms with Gasteiger partial charge in [-0.15, -0.1) is 11.3 Å². The molecule has 0 aliphatic heterocycles. The van der Waals surface area contributed by atoms with Crippen molar-refractivity contribution in [1.29, 1.82) is 0 Å². The Morgan fingerprint density at radius 3 is 2.85 bits per heavy atom. The molecule has 2 amide bonds. The third kappa shape index (κ3) is 3.14. The van der Waals surface area contributed by atoms with E-state index in [1.165, 1.54) is 11.3 Å². The highest BCUT2D eigenvalue weighted by Crippen LogP contribution is 2.25. The van der Waals surface area contributed by atoms with E-state index in [-0.39, 0.29) is 5.56 Å². The molecule has 0 aliphatic carbocycles. The van der Waals surface area contributed by atoms with Gasteiger partial charge in [0.25, 0.3) is 5.56 Å². The fraction of sp³-hybridized carbons (Fsp3) is 0.417. The maximum atomic E-state index is 12.0. The van der Waals surface area contributed by atoms with Crippen molar-refractivity contribution in [3.63, 3.8) is 0 Å². The van der Waals surface area contributed by atoms with E-state index in [0.717, 1.165) is 15.3 Å². The maximum absolute atomic E-state index is 12.0. The summed E-state index contributed by atoms with van der Waals surface area (Å²) >= 11 is 1.52. The van der Waals surface area contributed by atoms with Gasteiger partial charge in [-0.25, -0.2) is 9.78 Å². The highest BCUT2D eigenvalue weighted by atomic mass is 32.1. The average Bonchev–Trinajstić information content (AvgIpc) is 2.64. The first-order valence-electron chi connectivity index (χ1n) is 6.22. The topological polar surface area (TPSA) is 113 Å². The van der Waals surface area contributed by atoms with Crippen molar-refractivity contribution in [1.82, 2.24) is 20.6 Å². The summed E-state index contributed by atoms with van der Waals surface area (Å²) in [6.07, 6.45) is 0. The number of thiophene rings is 1. The number of nitrogens with one attached hydrogen (secondary N) is 3. The second kappa shape index (κ2) is 6.02. The van der Waals surface area contributed by atoms with Crippen molar-refractivity contribution >= 4 is 27.6 Å². The molecule has 7 nitrogen and oxygen atoms in total. The summed E-state index contributed by atoms with van der Waals surface area (Å²) in [7, 11) is 0. The molecule has 2 aromatic heterocycles. The number of carbonyl (C=O) groups excluding carboxylic acids is 1. The van der Waals surface area contributed by atoms with Gasteiger partial charge in [-0.1, -0.05) is 0 Å². The molecule has 20 heavy (non-hydrogen) atoms. The Balaban J connectivity index is 2.05. The number of nitrogens with zero attached hydrogens (tertiary/aromatic N) is 1. The Hall–Kier alpha value is -1.93. The molecule has 0 spiro atoms. The summed E-state index contributed by atoms with van der Waals surface area (Å²) in [4.78, 5) is 31.6. The van der Waals surface area contributed by atoms with Gasteiger partial charge in [-0.05, 0) is 19.4 Å². The summed E-state index contributed by atoms with van der Waals surface area (Å²) < 4.78 is 0. The van der Waals surface area contributed by atoms with Crippen LogP contribution >= 0.6 is 11.3 Å². The monoisotopic (exact) mass is 295 g/mol. The first-order chi connectivity index (χ1) is 9.49. The number of hydrogen-bond donors (Lipinski definition) is 4. The molecule has 0 radical (unpaired) electrons. The van der Waals surface area contributed by atoms with Crippen LogP contribution in [0.15, 0.2) is 4.79 Å². The number of rotatable bonds is 5. The normalized spacial score (nSPS) is 10.9. The third-order valence-electron chi connectivity index (χ3n) is 2.98. The number of carbonyl (C=O) groups is 1. The molecule has 0 saturated heterocycles. The minimum atomic E-state index is -0.552. The van der Waals surface area contributed by atoms with Crippen LogP contribution in [-0.4, -0.2) is 29.1 Å². The Morgan fingerprint density at radius 1 is 1.40 bits per heavy atom. The first kappa shape index (κ1) is 14.5. The number of aromatic nitrogens is 2. The molecule has 0 aliphatic rings. The van der Waals surface area contributed by atoms with Crippen LogP contribution in [-0.2, 0) is 6.54 Å². The van der Waals surface area contributed by atoms with E-state index in [2.05, 4.69) is 20.6 Å². The lowest BCUT2D eigenvalue weighted by Gasteiger charge is -2.04.